The molecule has 0 aromatic heterocycles. The van der Waals surface area contributed by atoms with Crippen LogP contribution in [0.1, 0.15) is 45.6 Å². The molecule has 1 fully saturated rings. The zero-order chi connectivity index (χ0) is 19.2. The van der Waals surface area contributed by atoms with E-state index in [1.165, 1.54) is 0 Å². The second-order valence-corrected chi connectivity index (χ2v) is 7.74. The molecule has 1 aliphatic heterocycles. The lowest BCUT2D eigenvalue weighted by Gasteiger charge is -2.33. The smallest absolute Gasteiger partial charge is 0.410 e. The summed E-state index contributed by atoms with van der Waals surface area (Å²) in [6, 6.07) is 7.66. The van der Waals surface area contributed by atoms with Crippen LogP contribution in [0.5, 0.6) is 5.75 Å². The van der Waals surface area contributed by atoms with Crippen LogP contribution in [0.3, 0.4) is 0 Å². The number of methoxy groups -OCH3 is 1. The van der Waals surface area contributed by atoms with E-state index in [1.54, 1.807) is 12.0 Å². The predicted molar refractivity (Wildman–Crippen MR) is 100.0 cm³/mol. The van der Waals surface area contributed by atoms with Crippen LogP contribution in [0.15, 0.2) is 24.3 Å². The Kier molecular flexibility index (Phi) is 6.89. The Hall–Kier alpha value is -2.24. The molecule has 1 heterocycles. The van der Waals surface area contributed by atoms with Crippen LogP contribution in [0.2, 0.25) is 0 Å². The molecule has 0 spiro atoms. The molecule has 1 aromatic carbocycles. The number of nitrogens with zero attached hydrogens (tertiary/aromatic N) is 1. The van der Waals surface area contributed by atoms with Gasteiger partial charge in [0, 0.05) is 26.1 Å². The number of hydrogen-bond donors (Lipinski definition) is 1. The number of nitrogens with one attached hydrogen (secondary N) is 1. The highest BCUT2D eigenvalue weighted by Gasteiger charge is 2.27. The van der Waals surface area contributed by atoms with Crippen LogP contribution in [0.4, 0.5) is 4.79 Å². The number of likely N-dealkylation sites (tertiary alicyclic amines) is 1. The Bertz CT molecular complexity index is 616. The molecule has 144 valence electrons. The number of ether oxygens (including phenoxy) is 2. The number of amides is 2. The number of carbonyl (C=O) groups excluding carboxylic acids is 2. The molecule has 0 atom stereocenters. The molecule has 6 heteroatoms. The third-order valence-corrected chi connectivity index (χ3v) is 4.36. The van der Waals surface area contributed by atoms with Gasteiger partial charge >= 0.3 is 6.09 Å². The SMILES string of the molecule is COc1cccc(CNC(=O)CC2CCN(C(=O)OC(C)(C)C)CC2)c1. The van der Waals surface area contributed by atoms with Crippen LogP contribution in [0, 0.1) is 5.92 Å². The maximum atomic E-state index is 12.2. The largest absolute Gasteiger partial charge is 0.497 e. The normalized spacial score (nSPS) is 15.5. The van der Waals surface area contributed by atoms with E-state index in [-0.39, 0.29) is 12.0 Å². The minimum atomic E-state index is -0.478. The van der Waals surface area contributed by atoms with Gasteiger partial charge in [0.05, 0.1) is 7.11 Å². The number of benzene rings is 1. The van der Waals surface area contributed by atoms with Gasteiger partial charge in [-0.15, -0.1) is 0 Å². The third kappa shape index (κ3) is 6.58. The van der Waals surface area contributed by atoms with Gasteiger partial charge < -0.3 is 19.7 Å². The van der Waals surface area contributed by atoms with Crippen molar-refractivity contribution < 1.29 is 19.1 Å². The van der Waals surface area contributed by atoms with E-state index in [0.29, 0.717) is 32.0 Å². The van der Waals surface area contributed by atoms with Crippen molar-refractivity contribution in [2.75, 3.05) is 20.2 Å². The lowest BCUT2D eigenvalue weighted by molar-refractivity contribution is -0.122. The number of piperidine rings is 1. The van der Waals surface area contributed by atoms with Crippen LogP contribution >= 0.6 is 0 Å². The van der Waals surface area contributed by atoms with Gasteiger partial charge in [-0.3, -0.25) is 4.79 Å². The maximum Gasteiger partial charge on any atom is 0.410 e. The standard InChI is InChI=1S/C20H30N2O4/c1-20(2,3)26-19(24)22-10-8-15(9-11-22)13-18(23)21-14-16-6-5-7-17(12-16)25-4/h5-7,12,15H,8-11,13-14H2,1-4H3,(H,21,23). The molecule has 6 nitrogen and oxygen atoms in total. The van der Waals surface area contributed by atoms with Crippen molar-refractivity contribution in [2.24, 2.45) is 5.92 Å². The van der Waals surface area contributed by atoms with Crippen molar-refractivity contribution in [1.29, 1.82) is 0 Å². The van der Waals surface area contributed by atoms with Crippen LogP contribution in [-0.4, -0.2) is 42.7 Å². The Morgan fingerprint density at radius 3 is 2.54 bits per heavy atom. The van der Waals surface area contributed by atoms with E-state index in [9.17, 15) is 9.59 Å². The van der Waals surface area contributed by atoms with Gasteiger partial charge in [0.1, 0.15) is 11.4 Å². The summed E-state index contributed by atoms with van der Waals surface area (Å²) < 4.78 is 10.6. The summed E-state index contributed by atoms with van der Waals surface area (Å²) in [6.07, 6.45) is 1.88. The van der Waals surface area contributed by atoms with Crippen molar-refractivity contribution in [3.05, 3.63) is 29.8 Å². The molecule has 26 heavy (non-hydrogen) atoms. The van der Waals surface area contributed by atoms with Crippen molar-refractivity contribution in [2.45, 2.75) is 52.2 Å². The molecule has 2 rings (SSSR count). The zero-order valence-electron chi connectivity index (χ0n) is 16.2. The van der Waals surface area contributed by atoms with Crippen molar-refractivity contribution in [1.82, 2.24) is 10.2 Å². The molecule has 0 radical (unpaired) electrons. The first-order valence-electron chi connectivity index (χ1n) is 9.14. The Morgan fingerprint density at radius 1 is 1.23 bits per heavy atom. The predicted octanol–water partition coefficient (Wildman–Crippen LogP) is 3.35. The monoisotopic (exact) mass is 362 g/mol. The van der Waals surface area contributed by atoms with Gasteiger partial charge in [0.2, 0.25) is 5.91 Å². The fourth-order valence-electron chi connectivity index (χ4n) is 2.96. The van der Waals surface area contributed by atoms with Crippen molar-refractivity contribution in [3.63, 3.8) is 0 Å². The number of hydrogen-bond acceptors (Lipinski definition) is 4. The highest BCUT2D eigenvalue weighted by molar-refractivity contribution is 5.76. The summed E-state index contributed by atoms with van der Waals surface area (Å²) in [4.78, 5) is 26.0. The van der Waals surface area contributed by atoms with E-state index < -0.39 is 5.60 Å². The molecule has 1 aliphatic rings. The molecule has 1 aromatic rings. The second-order valence-electron chi connectivity index (χ2n) is 7.74. The topological polar surface area (TPSA) is 67.9 Å². The maximum absolute atomic E-state index is 12.2. The highest BCUT2D eigenvalue weighted by Crippen LogP contribution is 2.22. The van der Waals surface area contributed by atoms with Gasteiger partial charge in [-0.1, -0.05) is 12.1 Å². The first-order valence-corrected chi connectivity index (χ1v) is 9.14. The summed E-state index contributed by atoms with van der Waals surface area (Å²) in [6.45, 7) is 7.37. The zero-order valence-corrected chi connectivity index (χ0v) is 16.2. The minimum Gasteiger partial charge on any atom is -0.497 e. The van der Waals surface area contributed by atoms with Crippen molar-refractivity contribution >= 4 is 12.0 Å². The van der Waals surface area contributed by atoms with Gasteiger partial charge in [-0.25, -0.2) is 4.79 Å². The molecular formula is C20H30N2O4. The van der Waals surface area contributed by atoms with Gasteiger partial charge in [0.15, 0.2) is 0 Å². The van der Waals surface area contributed by atoms with Crippen LogP contribution < -0.4 is 10.1 Å². The van der Waals surface area contributed by atoms with E-state index >= 15 is 0 Å². The molecular weight excluding hydrogens is 332 g/mol. The van der Waals surface area contributed by atoms with E-state index in [4.69, 9.17) is 9.47 Å². The lowest BCUT2D eigenvalue weighted by atomic mass is 9.93. The number of carbonyl (C=O) groups is 2. The minimum absolute atomic E-state index is 0.0449. The van der Waals surface area contributed by atoms with E-state index in [1.807, 2.05) is 45.0 Å². The molecule has 0 saturated carbocycles. The first-order chi connectivity index (χ1) is 12.3. The Labute approximate surface area is 155 Å². The summed E-state index contributed by atoms with van der Waals surface area (Å²) >= 11 is 0. The van der Waals surface area contributed by atoms with Gasteiger partial charge in [-0.2, -0.15) is 0 Å². The molecule has 1 N–H and O–H groups in total. The van der Waals surface area contributed by atoms with Gasteiger partial charge in [-0.05, 0) is 57.2 Å². The lowest BCUT2D eigenvalue weighted by Crippen LogP contribution is -2.42. The van der Waals surface area contributed by atoms with E-state index in [0.717, 1.165) is 24.2 Å². The van der Waals surface area contributed by atoms with Gasteiger partial charge in [0.25, 0.3) is 0 Å². The van der Waals surface area contributed by atoms with Crippen molar-refractivity contribution in [3.8, 4) is 5.75 Å². The Morgan fingerprint density at radius 2 is 1.92 bits per heavy atom. The number of rotatable bonds is 5. The molecule has 2 amide bonds. The second kappa shape index (κ2) is 8.92. The summed E-state index contributed by atoms with van der Waals surface area (Å²) in [5.41, 5.74) is 0.533. The van der Waals surface area contributed by atoms with E-state index in [2.05, 4.69) is 5.32 Å². The average Bonchev–Trinajstić information content (AvgIpc) is 2.59. The van der Waals surface area contributed by atoms with Crippen LogP contribution in [0.25, 0.3) is 0 Å². The fraction of sp³-hybridized carbons (Fsp3) is 0.600. The molecule has 0 unspecified atom stereocenters. The quantitative estimate of drug-likeness (QED) is 0.872. The summed E-state index contributed by atoms with van der Waals surface area (Å²) in [5.74, 6) is 1.13. The average molecular weight is 362 g/mol. The van der Waals surface area contributed by atoms with Crippen LogP contribution in [-0.2, 0) is 16.1 Å². The molecule has 0 aliphatic carbocycles. The summed E-state index contributed by atoms with van der Waals surface area (Å²) in [5, 5.41) is 2.96. The molecule has 0 bridgehead atoms. The molecule has 1 saturated heterocycles. The first kappa shape index (κ1) is 20.1. The fourth-order valence-corrected chi connectivity index (χ4v) is 2.96. The summed E-state index contributed by atoms with van der Waals surface area (Å²) in [7, 11) is 1.63. The third-order valence-electron chi connectivity index (χ3n) is 4.36. The Balaban J connectivity index is 1.71. The highest BCUT2D eigenvalue weighted by atomic mass is 16.6.